The molecular weight excluding hydrogens is 426 g/mol. The number of hydrogen-bond acceptors (Lipinski definition) is 3. The second kappa shape index (κ2) is 14.6. The maximum Gasteiger partial charge on any atom is 0.219 e. The predicted molar refractivity (Wildman–Crippen MR) is 140 cm³/mol. The first kappa shape index (κ1) is 25.1. The van der Waals surface area contributed by atoms with Crippen molar-refractivity contribution < 1.29 is 4.79 Å². The third-order valence-corrected chi connectivity index (χ3v) is 6.64. The molecule has 0 saturated heterocycles. The van der Waals surface area contributed by atoms with Gasteiger partial charge in [-0.05, 0) is 12.8 Å². The lowest BCUT2D eigenvalue weighted by molar-refractivity contribution is -0.121. The van der Waals surface area contributed by atoms with E-state index in [1.807, 2.05) is 36.4 Å². The van der Waals surface area contributed by atoms with Gasteiger partial charge in [0.2, 0.25) is 5.91 Å². The molecule has 0 aliphatic carbocycles. The van der Waals surface area contributed by atoms with Crippen LogP contribution in [-0.2, 0) is 4.79 Å². The molecule has 0 bridgehead atoms. The highest BCUT2D eigenvalue weighted by atomic mass is 32.2. The van der Waals surface area contributed by atoms with Crippen LogP contribution in [0.1, 0.15) is 64.7 Å². The van der Waals surface area contributed by atoms with Crippen LogP contribution >= 0.6 is 11.8 Å². The summed E-state index contributed by atoms with van der Waals surface area (Å²) >= 11 is 1.71. The first-order valence-corrected chi connectivity index (χ1v) is 13.4. The minimum absolute atomic E-state index is 0.185. The van der Waals surface area contributed by atoms with E-state index in [1.165, 1.54) is 38.5 Å². The van der Waals surface area contributed by atoms with Crippen LogP contribution in [0.4, 0.5) is 0 Å². The zero-order valence-electron chi connectivity index (χ0n) is 19.8. The number of rotatable bonds is 15. The van der Waals surface area contributed by atoms with E-state index in [1.54, 1.807) is 11.8 Å². The van der Waals surface area contributed by atoms with E-state index >= 15 is 0 Å². The number of thioether (sulfide) groups is 1. The molecule has 0 aliphatic heterocycles. The van der Waals surface area contributed by atoms with Gasteiger partial charge in [-0.25, -0.2) is 4.98 Å². The highest BCUT2D eigenvalue weighted by Crippen LogP contribution is 2.32. The van der Waals surface area contributed by atoms with E-state index in [2.05, 4.69) is 41.5 Å². The Kier molecular flexibility index (Phi) is 11.1. The topological polar surface area (TPSA) is 57.8 Å². The molecule has 3 rings (SSSR count). The van der Waals surface area contributed by atoms with Crippen molar-refractivity contribution in [3.8, 4) is 22.5 Å². The van der Waals surface area contributed by atoms with Crippen molar-refractivity contribution in [2.75, 3.05) is 12.3 Å². The first-order valence-electron chi connectivity index (χ1n) is 12.4. The van der Waals surface area contributed by atoms with Crippen molar-refractivity contribution in [1.82, 2.24) is 15.3 Å². The molecule has 2 aromatic carbocycles. The number of amides is 1. The molecule has 33 heavy (non-hydrogen) atoms. The Morgan fingerprint density at radius 1 is 0.848 bits per heavy atom. The van der Waals surface area contributed by atoms with Crippen LogP contribution in [0, 0.1) is 0 Å². The molecule has 0 radical (unpaired) electrons. The van der Waals surface area contributed by atoms with Crippen LogP contribution in [0.2, 0.25) is 0 Å². The molecule has 0 atom stereocenters. The van der Waals surface area contributed by atoms with Gasteiger partial charge in [0.05, 0.1) is 11.4 Å². The summed E-state index contributed by atoms with van der Waals surface area (Å²) < 4.78 is 0. The fraction of sp³-hybridized carbons (Fsp3) is 0.429. The van der Waals surface area contributed by atoms with Gasteiger partial charge >= 0.3 is 0 Å². The average molecular weight is 464 g/mol. The summed E-state index contributed by atoms with van der Waals surface area (Å²) in [4.78, 5) is 20.4. The van der Waals surface area contributed by atoms with Crippen LogP contribution in [0.5, 0.6) is 0 Å². The van der Waals surface area contributed by atoms with Gasteiger partial charge in [-0.15, -0.1) is 0 Å². The number of carbonyl (C=O) groups excluding carboxylic acids is 1. The summed E-state index contributed by atoms with van der Waals surface area (Å²) in [5, 5.41) is 3.98. The highest BCUT2D eigenvalue weighted by molar-refractivity contribution is 7.99. The Hall–Kier alpha value is -2.53. The van der Waals surface area contributed by atoms with Crippen LogP contribution in [0.3, 0.4) is 0 Å². The van der Waals surface area contributed by atoms with Crippen molar-refractivity contribution >= 4 is 17.7 Å². The van der Waals surface area contributed by atoms with Crippen molar-refractivity contribution in [1.29, 1.82) is 0 Å². The maximum atomic E-state index is 12.0. The number of nitrogens with zero attached hydrogens (tertiary/aromatic N) is 1. The predicted octanol–water partition coefficient (Wildman–Crippen LogP) is 7.48. The Balaban J connectivity index is 1.41. The third kappa shape index (κ3) is 8.73. The number of unbranched alkanes of at least 4 members (excludes halogenated alkanes) is 6. The normalized spacial score (nSPS) is 10.9. The second-order valence-corrected chi connectivity index (χ2v) is 9.50. The lowest BCUT2D eigenvalue weighted by Crippen LogP contribution is -2.24. The third-order valence-electron chi connectivity index (χ3n) is 5.68. The molecule has 5 heteroatoms. The number of H-pyrrole nitrogens is 1. The van der Waals surface area contributed by atoms with Gasteiger partial charge in [0, 0.05) is 29.8 Å². The summed E-state index contributed by atoms with van der Waals surface area (Å²) in [6.45, 7) is 2.96. The molecule has 1 amide bonds. The Morgan fingerprint density at radius 3 is 2.18 bits per heavy atom. The SMILES string of the molecule is CCCCCCCCCC(=O)NCCCSc1nc(-c2ccccc2)c(-c2ccccc2)[nH]1. The number of hydrogen-bond donors (Lipinski definition) is 2. The molecule has 0 unspecified atom stereocenters. The molecule has 0 spiro atoms. The van der Waals surface area contributed by atoms with Gasteiger partial charge < -0.3 is 10.3 Å². The fourth-order valence-corrected chi connectivity index (χ4v) is 4.65. The second-order valence-electron chi connectivity index (χ2n) is 8.42. The van der Waals surface area contributed by atoms with E-state index < -0.39 is 0 Å². The first-order chi connectivity index (χ1) is 16.3. The fourth-order valence-electron chi connectivity index (χ4n) is 3.84. The van der Waals surface area contributed by atoms with E-state index in [9.17, 15) is 4.79 Å². The van der Waals surface area contributed by atoms with Gasteiger partial charge in [-0.3, -0.25) is 4.79 Å². The zero-order chi connectivity index (χ0) is 23.1. The van der Waals surface area contributed by atoms with Crippen LogP contribution < -0.4 is 5.32 Å². The van der Waals surface area contributed by atoms with E-state index in [4.69, 9.17) is 4.98 Å². The molecule has 1 aromatic heterocycles. The minimum atomic E-state index is 0.185. The number of imidazole rings is 1. The summed E-state index contributed by atoms with van der Waals surface area (Å²) in [6.07, 6.45) is 10.2. The summed E-state index contributed by atoms with van der Waals surface area (Å²) in [5.41, 5.74) is 4.27. The van der Waals surface area contributed by atoms with Gasteiger partial charge in [0.1, 0.15) is 0 Å². The van der Waals surface area contributed by atoms with Crippen LogP contribution in [-0.4, -0.2) is 28.2 Å². The molecular formula is C28H37N3OS. The Morgan fingerprint density at radius 2 is 1.48 bits per heavy atom. The smallest absolute Gasteiger partial charge is 0.219 e. The number of nitrogens with one attached hydrogen (secondary N) is 2. The van der Waals surface area contributed by atoms with Crippen LogP contribution in [0.15, 0.2) is 65.8 Å². The van der Waals surface area contributed by atoms with Crippen molar-refractivity contribution in [3.63, 3.8) is 0 Å². The summed E-state index contributed by atoms with van der Waals surface area (Å²) in [6, 6.07) is 20.6. The molecule has 0 saturated carbocycles. The lowest BCUT2D eigenvalue weighted by Gasteiger charge is -2.05. The highest BCUT2D eigenvalue weighted by Gasteiger charge is 2.14. The van der Waals surface area contributed by atoms with Crippen molar-refractivity contribution in [2.24, 2.45) is 0 Å². The Bertz CT molecular complexity index is 883. The standard InChI is InChI=1S/C28H37N3OS/c1-2-3-4-5-6-7-14-20-25(32)29-21-15-22-33-28-30-26(23-16-10-8-11-17-23)27(31-28)24-18-12-9-13-19-24/h8-13,16-19H,2-7,14-15,20-22H2,1H3,(H,29,32)(H,30,31). The van der Waals surface area contributed by atoms with Gasteiger partial charge in [0.15, 0.2) is 5.16 Å². The quantitative estimate of drug-likeness (QED) is 0.181. The molecule has 3 aromatic rings. The monoisotopic (exact) mass is 463 g/mol. The van der Waals surface area contributed by atoms with E-state index in [-0.39, 0.29) is 5.91 Å². The molecule has 0 fully saturated rings. The van der Waals surface area contributed by atoms with Gasteiger partial charge in [-0.1, -0.05) is 118 Å². The summed E-state index contributed by atoms with van der Waals surface area (Å²) in [5.74, 6) is 1.09. The minimum Gasteiger partial charge on any atom is -0.356 e. The molecule has 0 aliphatic rings. The Labute approximate surface area is 203 Å². The number of aromatic amines is 1. The van der Waals surface area contributed by atoms with Gasteiger partial charge in [0.25, 0.3) is 0 Å². The van der Waals surface area contributed by atoms with Gasteiger partial charge in [-0.2, -0.15) is 0 Å². The van der Waals surface area contributed by atoms with Crippen molar-refractivity contribution in [2.45, 2.75) is 69.9 Å². The molecule has 4 nitrogen and oxygen atoms in total. The summed E-state index contributed by atoms with van der Waals surface area (Å²) in [7, 11) is 0. The van der Waals surface area contributed by atoms with Crippen molar-refractivity contribution in [3.05, 3.63) is 60.7 Å². The molecule has 1 heterocycles. The molecule has 2 N–H and O–H groups in total. The zero-order valence-corrected chi connectivity index (χ0v) is 20.6. The lowest BCUT2D eigenvalue weighted by atomic mass is 10.1. The van der Waals surface area contributed by atoms with E-state index in [0.29, 0.717) is 6.42 Å². The molecule has 176 valence electrons. The number of carbonyl (C=O) groups is 1. The van der Waals surface area contributed by atoms with E-state index in [0.717, 1.165) is 52.8 Å². The number of aromatic nitrogens is 2. The maximum absolute atomic E-state index is 12.0. The average Bonchev–Trinajstić information content (AvgIpc) is 3.28. The largest absolute Gasteiger partial charge is 0.356 e. The number of benzene rings is 2. The van der Waals surface area contributed by atoms with Crippen LogP contribution in [0.25, 0.3) is 22.5 Å².